The summed E-state index contributed by atoms with van der Waals surface area (Å²) < 4.78 is 6.08. The van der Waals surface area contributed by atoms with Crippen LogP contribution in [0.2, 0.25) is 0 Å². The molecule has 0 spiro atoms. The zero-order valence-corrected chi connectivity index (χ0v) is 17.1. The van der Waals surface area contributed by atoms with E-state index in [1.54, 1.807) is 6.20 Å². The van der Waals surface area contributed by atoms with Crippen LogP contribution in [0, 0.1) is 0 Å². The Morgan fingerprint density at radius 2 is 1.31 bits per heavy atom. The number of ketones is 1. The molecule has 152 valence electrons. The molecule has 6 rings (SSSR count). The molecule has 0 amide bonds. The van der Waals surface area contributed by atoms with Crippen LogP contribution in [0.25, 0.3) is 10.9 Å². The van der Waals surface area contributed by atoms with Gasteiger partial charge in [-0.2, -0.15) is 0 Å². The standard InChI is InChI=1S/C28H18N2O2/c31-28(21-17-20-7-1-2-8-23(20)29-18-21)19-13-15-22(16-14-19)30-24-9-3-5-11-26(24)32-27-12-6-4-10-25(27)30/h1-18H. The van der Waals surface area contributed by atoms with Gasteiger partial charge in [0, 0.05) is 28.4 Å². The van der Waals surface area contributed by atoms with E-state index in [2.05, 4.69) is 9.88 Å². The Bertz CT molecular complexity index is 1430. The van der Waals surface area contributed by atoms with E-state index in [4.69, 9.17) is 4.74 Å². The molecule has 4 heteroatoms. The van der Waals surface area contributed by atoms with Crippen LogP contribution in [0.3, 0.4) is 0 Å². The summed E-state index contributed by atoms with van der Waals surface area (Å²) in [7, 11) is 0. The Labute approximate surface area is 185 Å². The number of carbonyl (C=O) groups excluding carboxylic acids is 1. The summed E-state index contributed by atoms with van der Waals surface area (Å²) in [5, 5.41) is 0.955. The Kier molecular flexibility index (Phi) is 4.22. The number of fused-ring (bicyclic) bond motifs is 3. The van der Waals surface area contributed by atoms with Gasteiger partial charge >= 0.3 is 0 Å². The average molecular weight is 414 g/mol. The lowest BCUT2D eigenvalue weighted by molar-refractivity contribution is 0.103. The fourth-order valence-electron chi connectivity index (χ4n) is 4.11. The number of nitrogens with zero attached hydrogens (tertiary/aromatic N) is 2. The highest BCUT2D eigenvalue weighted by Crippen LogP contribution is 2.49. The number of benzene rings is 4. The molecule has 5 aromatic rings. The van der Waals surface area contributed by atoms with Crippen molar-refractivity contribution >= 4 is 33.7 Å². The molecule has 0 fully saturated rings. The number of hydrogen-bond donors (Lipinski definition) is 0. The third-order valence-corrected chi connectivity index (χ3v) is 5.67. The third kappa shape index (κ3) is 3.01. The van der Waals surface area contributed by atoms with Gasteiger partial charge in [-0.1, -0.05) is 42.5 Å². The van der Waals surface area contributed by atoms with Gasteiger partial charge in [0.2, 0.25) is 0 Å². The third-order valence-electron chi connectivity index (χ3n) is 5.67. The van der Waals surface area contributed by atoms with Crippen LogP contribution in [0.1, 0.15) is 15.9 Å². The summed E-state index contributed by atoms with van der Waals surface area (Å²) in [6.45, 7) is 0. The SMILES string of the molecule is O=C(c1ccc(N2c3ccccc3Oc3ccccc32)cc1)c1cnc2ccccc2c1. The highest BCUT2D eigenvalue weighted by atomic mass is 16.5. The molecule has 0 aliphatic carbocycles. The summed E-state index contributed by atoms with van der Waals surface area (Å²) in [6.07, 6.45) is 1.65. The molecule has 0 N–H and O–H groups in total. The van der Waals surface area contributed by atoms with Crippen molar-refractivity contribution in [3.63, 3.8) is 0 Å². The second-order valence-electron chi connectivity index (χ2n) is 7.67. The van der Waals surface area contributed by atoms with Crippen molar-refractivity contribution in [2.45, 2.75) is 0 Å². The van der Waals surface area contributed by atoms with Gasteiger partial charge < -0.3 is 9.64 Å². The molecule has 0 atom stereocenters. The summed E-state index contributed by atoms with van der Waals surface area (Å²) in [5.74, 6) is 1.56. The van der Waals surface area contributed by atoms with E-state index in [0.29, 0.717) is 11.1 Å². The lowest BCUT2D eigenvalue weighted by atomic mass is 10.0. The van der Waals surface area contributed by atoms with E-state index < -0.39 is 0 Å². The number of ether oxygens (including phenoxy) is 1. The number of para-hydroxylation sites is 5. The van der Waals surface area contributed by atoms with Crippen molar-refractivity contribution in [1.29, 1.82) is 0 Å². The lowest BCUT2D eigenvalue weighted by Crippen LogP contribution is -2.15. The smallest absolute Gasteiger partial charge is 0.194 e. The number of rotatable bonds is 3. The van der Waals surface area contributed by atoms with Gasteiger partial charge in [0.15, 0.2) is 17.3 Å². The molecule has 0 unspecified atom stereocenters. The first-order chi connectivity index (χ1) is 15.8. The molecule has 1 aliphatic heterocycles. The molecule has 1 aliphatic rings. The van der Waals surface area contributed by atoms with Crippen molar-refractivity contribution in [2.24, 2.45) is 0 Å². The second kappa shape index (κ2) is 7.36. The molecular formula is C28H18N2O2. The van der Waals surface area contributed by atoms with Gasteiger partial charge in [0.1, 0.15) is 0 Å². The van der Waals surface area contributed by atoms with Gasteiger partial charge in [-0.05, 0) is 60.7 Å². The normalized spacial score (nSPS) is 12.1. The second-order valence-corrected chi connectivity index (χ2v) is 7.67. The maximum atomic E-state index is 13.1. The van der Waals surface area contributed by atoms with Crippen LogP contribution < -0.4 is 9.64 Å². The van der Waals surface area contributed by atoms with Crippen LogP contribution in [-0.4, -0.2) is 10.8 Å². The number of hydrogen-bond acceptors (Lipinski definition) is 4. The minimum Gasteiger partial charge on any atom is -0.453 e. The number of anilines is 3. The molecule has 4 aromatic carbocycles. The van der Waals surface area contributed by atoms with Crippen molar-refractivity contribution < 1.29 is 9.53 Å². The fourth-order valence-corrected chi connectivity index (χ4v) is 4.11. The van der Waals surface area contributed by atoms with E-state index >= 15 is 0 Å². The van der Waals surface area contributed by atoms with Crippen LogP contribution in [0.5, 0.6) is 11.5 Å². The summed E-state index contributed by atoms with van der Waals surface area (Å²) >= 11 is 0. The van der Waals surface area contributed by atoms with Gasteiger partial charge in [-0.15, -0.1) is 0 Å². The van der Waals surface area contributed by atoms with E-state index in [-0.39, 0.29) is 5.78 Å². The average Bonchev–Trinajstić information content (AvgIpc) is 2.86. The zero-order chi connectivity index (χ0) is 21.5. The van der Waals surface area contributed by atoms with Crippen LogP contribution >= 0.6 is 0 Å². The Hall–Kier alpha value is -4.44. The molecule has 0 radical (unpaired) electrons. The largest absolute Gasteiger partial charge is 0.453 e. The maximum absolute atomic E-state index is 13.1. The highest BCUT2D eigenvalue weighted by Gasteiger charge is 2.25. The minimum atomic E-state index is -0.0439. The quantitative estimate of drug-likeness (QED) is 0.291. The van der Waals surface area contributed by atoms with E-state index in [1.807, 2.05) is 103 Å². The fraction of sp³-hybridized carbons (Fsp3) is 0. The van der Waals surface area contributed by atoms with E-state index in [1.165, 1.54) is 0 Å². The first-order valence-corrected chi connectivity index (χ1v) is 10.4. The number of carbonyl (C=O) groups is 1. The molecular weight excluding hydrogens is 396 g/mol. The number of aromatic nitrogens is 1. The van der Waals surface area contributed by atoms with Crippen molar-refractivity contribution in [3.8, 4) is 11.5 Å². The van der Waals surface area contributed by atoms with Crippen molar-refractivity contribution in [2.75, 3.05) is 4.90 Å². The summed E-state index contributed by atoms with van der Waals surface area (Å²) in [6, 6.07) is 33.3. The lowest BCUT2D eigenvalue weighted by Gasteiger charge is -2.32. The molecule has 1 aromatic heterocycles. The topological polar surface area (TPSA) is 42.4 Å². The zero-order valence-electron chi connectivity index (χ0n) is 17.1. The molecule has 32 heavy (non-hydrogen) atoms. The molecule has 4 nitrogen and oxygen atoms in total. The van der Waals surface area contributed by atoms with Crippen molar-refractivity contribution in [1.82, 2.24) is 4.98 Å². The number of pyridine rings is 1. The predicted molar refractivity (Wildman–Crippen MR) is 126 cm³/mol. The summed E-state index contributed by atoms with van der Waals surface area (Å²) in [5.41, 5.74) is 4.97. The maximum Gasteiger partial charge on any atom is 0.194 e. The van der Waals surface area contributed by atoms with E-state index in [0.717, 1.165) is 39.5 Å². The van der Waals surface area contributed by atoms with Crippen LogP contribution in [0.4, 0.5) is 17.1 Å². The van der Waals surface area contributed by atoms with E-state index in [9.17, 15) is 4.79 Å². The molecule has 0 saturated carbocycles. The Morgan fingerprint density at radius 1 is 0.688 bits per heavy atom. The van der Waals surface area contributed by atoms with Gasteiger partial charge in [0.25, 0.3) is 0 Å². The molecule has 2 heterocycles. The van der Waals surface area contributed by atoms with Crippen LogP contribution in [0.15, 0.2) is 109 Å². The predicted octanol–water partition coefficient (Wildman–Crippen LogP) is 7.04. The monoisotopic (exact) mass is 414 g/mol. The first kappa shape index (κ1) is 18.3. The Balaban J connectivity index is 1.38. The van der Waals surface area contributed by atoms with Gasteiger partial charge in [0.05, 0.1) is 16.9 Å². The summed E-state index contributed by atoms with van der Waals surface area (Å²) in [4.78, 5) is 19.7. The van der Waals surface area contributed by atoms with Crippen LogP contribution in [-0.2, 0) is 0 Å². The Morgan fingerprint density at radius 3 is 2.03 bits per heavy atom. The van der Waals surface area contributed by atoms with Crippen molar-refractivity contribution in [3.05, 3.63) is 120 Å². The first-order valence-electron chi connectivity index (χ1n) is 10.4. The molecule has 0 bridgehead atoms. The molecule has 0 saturated heterocycles. The van der Waals surface area contributed by atoms with Gasteiger partial charge in [-0.3, -0.25) is 9.78 Å². The highest BCUT2D eigenvalue weighted by molar-refractivity contribution is 6.10. The van der Waals surface area contributed by atoms with Gasteiger partial charge in [-0.25, -0.2) is 0 Å². The minimum absolute atomic E-state index is 0.0439.